The van der Waals surface area contributed by atoms with Crippen molar-refractivity contribution in [2.45, 2.75) is 39.8 Å². The molecule has 1 saturated heterocycles. The third-order valence-corrected chi connectivity index (χ3v) is 5.22. The van der Waals surface area contributed by atoms with Crippen LogP contribution in [0.4, 0.5) is 4.79 Å². The summed E-state index contributed by atoms with van der Waals surface area (Å²) < 4.78 is 11.2. The number of nitrogens with zero attached hydrogens (tertiary/aromatic N) is 2. The molecule has 0 bridgehead atoms. The van der Waals surface area contributed by atoms with Gasteiger partial charge in [0, 0.05) is 30.8 Å². The van der Waals surface area contributed by atoms with Crippen LogP contribution in [0.1, 0.15) is 43.1 Å². The Hall–Kier alpha value is -2.28. The van der Waals surface area contributed by atoms with Gasteiger partial charge in [-0.15, -0.1) is 0 Å². The molecular weight excluding hydrogens is 358 g/mol. The first-order valence-corrected chi connectivity index (χ1v) is 10.1. The maximum Gasteiger partial charge on any atom is 0.318 e. The van der Waals surface area contributed by atoms with E-state index in [9.17, 15) is 9.59 Å². The number of urea groups is 1. The molecular formula is C21H31N3O4. The van der Waals surface area contributed by atoms with E-state index in [0.717, 1.165) is 17.7 Å². The highest BCUT2D eigenvalue weighted by Crippen LogP contribution is 2.27. The largest absolute Gasteiger partial charge is 0.491 e. The van der Waals surface area contributed by atoms with Gasteiger partial charge in [0.1, 0.15) is 12.4 Å². The van der Waals surface area contributed by atoms with Crippen molar-refractivity contribution in [2.24, 2.45) is 5.92 Å². The molecule has 1 aromatic carbocycles. The minimum Gasteiger partial charge on any atom is -0.491 e. The highest BCUT2D eigenvalue weighted by atomic mass is 16.5. The summed E-state index contributed by atoms with van der Waals surface area (Å²) >= 11 is 0. The second kappa shape index (κ2) is 9.28. The predicted molar refractivity (Wildman–Crippen MR) is 107 cm³/mol. The maximum atomic E-state index is 12.8. The summed E-state index contributed by atoms with van der Waals surface area (Å²) in [7, 11) is 0. The van der Waals surface area contributed by atoms with E-state index in [2.05, 4.69) is 19.2 Å². The first-order chi connectivity index (χ1) is 13.5. The summed E-state index contributed by atoms with van der Waals surface area (Å²) in [6, 6.07) is 5.37. The van der Waals surface area contributed by atoms with Gasteiger partial charge in [-0.25, -0.2) is 4.79 Å². The monoisotopic (exact) mass is 389 g/mol. The SMILES string of the molecule is CC(C)CCNC(=O)N1Cc2cc(C(=O)N3CCOCC3)ccc2OC[C@@H]1C. The molecule has 0 unspecified atom stereocenters. The molecule has 2 heterocycles. The fourth-order valence-electron chi connectivity index (χ4n) is 3.41. The van der Waals surface area contributed by atoms with Crippen molar-refractivity contribution in [1.29, 1.82) is 0 Å². The summed E-state index contributed by atoms with van der Waals surface area (Å²) in [5.41, 5.74) is 1.49. The number of hydrogen-bond acceptors (Lipinski definition) is 4. The first kappa shape index (κ1) is 20.5. The molecule has 0 saturated carbocycles. The van der Waals surface area contributed by atoms with Crippen molar-refractivity contribution in [1.82, 2.24) is 15.1 Å². The van der Waals surface area contributed by atoms with E-state index in [1.165, 1.54) is 0 Å². The Bertz CT molecular complexity index is 701. The van der Waals surface area contributed by atoms with Crippen molar-refractivity contribution in [3.05, 3.63) is 29.3 Å². The van der Waals surface area contributed by atoms with E-state index < -0.39 is 0 Å². The molecule has 2 aliphatic rings. The zero-order valence-electron chi connectivity index (χ0n) is 17.1. The van der Waals surface area contributed by atoms with Crippen LogP contribution in [-0.4, -0.2) is 67.2 Å². The molecule has 0 aromatic heterocycles. The number of nitrogens with one attached hydrogen (secondary N) is 1. The normalized spacial score (nSPS) is 19.6. The number of fused-ring (bicyclic) bond motifs is 1. The summed E-state index contributed by atoms with van der Waals surface area (Å²) in [5, 5.41) is 3.00. The van der Waals surface area contributed by atoms with Crippen LogP contribution >= 0.6 is 0 Å². The van der Waals surface area contributed by atoms with Gasteiger partial charge in [-0.05, 0) is 37.5 Å². The molecule has 28 heavy (non-hydrogen) atoms. The zero-order valence-corrected chi connectivity index (χ0v) is 17.1. The van der Waals surface area contributed by atoms with Crippen molar-refractivity contribution < 1.29 is 19.1 Å². The second-order valence-corrected chi connectivity index (χ2v) is 7.93. The van der Waals surface area contributed by atoms with Gasteiger partial charge in [-0.3, -0.25) is 4.79 Å². The van der Waals surface area contributed by atoms with Crippen LogP contribution in [0.5, 0.6) is 5.75 Å². The Kier molecular flexibility index (Phi) is 6.78. The number of carbonyl (C=O) groups excluding carboxylic acids is 2. The summed E-state index contributed by atoms with van der Waals surface area (Å²) in [6.07, 6.45) is 0.944. The maximum absolute atomic E-state index is 12.8. The van der Waals surface area contributed by atoms with E-state index in [1.807, 2.05) is 24.0 Å². The van der Waals surface area contributed by atoms with Gasteiger partial charge in [0.15, 0.2) is 0 Å². The zero-order chi connectivity index (χ0) is 20.1. The second-order valence-electron chi connectivity index (χ2n) is 7.93. The molecule has 1 fully saturated rings. The third-order valence-electron chi connectivity index (χ3n) is 5.22. The van der Waals surface area contributed by atoms with Gasteiger partial charge >= 0.3 is 6.03 Å². The lowest BCUT2D eigenvalue weighted by Gasteiger charge is -2.27. The molecule has 1 atom stereocenters. The summed E-state index contributed by atoms with van der Waals surface area (Å²) in [5.74, 6) is 1.28. The smallest absolute Gasteiger partial charge is 0.318 e. The Morgan fingerprint density at radius 2 is 2.00 bits per heavy atom. The number of morpholine rings is 1. The van der Waals surface area contributed by atoms with Gasteiger partial charge in [0.25, 0.3) is 5.91 Å². The Balaban J connectivity index is 1.73. The van der Waals surface area contributed by atoms with Gasteiger partial charge in [0.05, 0.1) is 25.8 Å². The Morgan fingerprint density at radius 3 is 2.71 bits per heavy atom. The lowest BCUT2D eigenvalue weighted by atomic mass is 10.1. The molecule has 3 rings (SSSR count). The third kappa shape index (κ3) is 4.95. The van der Waals surface area contributed by atoms with Crippen molar-refractivity contribution in [3.8, 4) is 5.75 Å². The van der Waals surface area contributed by atoms with Crippen LogP contribution < -0.4 is 10.1 Å². The fourth-order valence-corrected chi connectivity index (χ4v) is 3.41. The van der Waals surface area contributed by atoms with E-state index in [1.54, 1.807) is 11.0 Å². The topological polar surface area (TPSA) is 71.1 Å². The first-order valence-electron chi connectivity index (χ1n) is 10.1. The molecule has 2 aliphatic heterocycles. The number of carbonyl (C=O) groups is 2. The lowest BCUT2D eigenvalue weighted by molar-refractivity contribution is 0.0303. The highest BCUT2D eigenvalue weighted by Gasteiger charge is 2.27. The fraction of sp³-hybridized carbons (Fsp3) is 0.619. The minimum absolute atomic E-state index is 0.00340. The van der Waals surface area contributed by atoms with Crippen LogP contribution in [0, 0.1) is 5.92 Å². The molecule has 154 valence electrons. The minimum atomic E-state index is -0.0884. The standard InChI is InChI=1S/C21H31N3O4/c1-15(2)6-7-22-21(26)24-13-18-12-17(4-5-19(18)28-14-16(24)3)20(25)23-8-10-27-11-9-23/h4-5,12,15-16H,6-11,13-14H2,1-3H3,(H,22,26)/t16-/m0/s1. The summed E-state index contributed by atoms with van der Waals surface area (Å²) in [4.78, 5) is 29.1. The molecule has 0 radical (unpaired) electrons. The Labute approximate surface area is 167 Å². The van der Waals surface area contributed by atoms with E-state index in [0.29, 0.717) is 57.5 Å². The molecule has 1 aromatic rings. The van der Waals surface area contributed by atoms with Gasteiger partial charge < -0.3 is 24.6 Å². The highest BCUT2D eigenvalue weighted by molar-refractivity contribution is 5.94. The van der Waals surface area contributed by atoms with Crippen LogP contribution in [0.3, 0.4) is 0 Å². The van der Waals surface area contributed by atoms with Crippen molar-refractivity contribution in [2.75, 3.05) is 39.5 Å². The van der Waals surface area contributed by atoms with Crippen LogP contribution in [0.15, 0.2) is 18.2 Å². The predicted octanol–water partition coefficient (Wildman–Crippen LogP) is 2.50. The quantitative estimate of drug-likeness (QED) is 0.859. The number of ether oxygens (including phenoxy) is 2. The van der Waals surface area contributed by atoms with E-state index in [4.69, 9.17) is 9.47 Å². The average Bonchev–Trinajstić information content (AvgIpc) is 2.86. The van der Waals surface area contributed by atoms with E-state index in [-0.39, 0.29) is 18.0 Å². The van der Waals surface area contributed by atoms with Gasteiger partial charge in [-0.1, -0.05) is 13.8 Å². The molecule has 0 spiro atoms. The van der Waals surface area contributed by atoms with Crippen molar-refractivity contribution in [3.63, 3.8) is 0 Å². The molecule has 7 nitrogen and oxygen atoms in total. The number of amides is 3. The number of hydrogen-bond donors (Lipinski definition) is 1. The van der Waals surface area contributed by atoms with E-state index >= 15 is 0 Å². The molecule has 3 amide bonds. The molecule has 0 aliphatic carbocycles. The number of rotatable bonds is 4. The summed E-state index contributed by atoms with van der Waals surface area (Å²) in [6.45, 7) is 10.1. The van der Waals surface area contributed by atoms with Crippen LogP contribution in [-0.2, 0) is 11.3 Å². The molecule has 1 N–H and O–H groups in total. The van der Waals surface area contributed by atoms with Crippen LogP contribution in [0.25, 0.3) is 0 Å². The lowest BCUT2D eigenvalue weighted by Crippen LogP contribution is -2.46. The van der Waals surface area contributed by atoms with Crippen LogP contribution in [0.2, 0.25) is 0 Å². The van der Waals surface area contributed by atoms with Gasteiger partial charge in [-0.2, -0.15) is 0 Å². The number of benzene rings is 1. The Morgan fingerprint density at radius 1 is 1.25 bits per heavy atom. The van der Waals surface area contributed by atoms with Crippen molar-refractivity contribution >= 4 is 11.9 Å². The van der Waals surface area contributed by atoms with Gasteiger partial charge in [0.2, 0.25) is 0 Å². The average molecular weight is 389 g/mol. The molecule has 7 heteroatoms.